The summed E-state index contributed by atoms with van der Waals surface area (Å²) in [5.74, 6) is 2.32. The molecule has 1 aliphatic rings. The molecule has 0 spiro atoms. The van der Waals surface area contributed by atoms with E-state index in [9.17, 15) is 5.11 Å². The zero-order valence-corrected chi connectivity index (χ0v) is 10.7. The van der Waals surface area contributed by atoms with E-state index in [4.69, 9.17) is 4.74 Å². The van der Waals surface area contributed by atoms with Crippen molar-refractivity contribution in [2.75, 3.05) is 44.9 Å². The number of thioether (sulfide) groups is 1. The van der Waals surface area contributed by atoms with Crippen LogP contribution in [-0.2, 0) is 4.74 Å². The van der Waals surface area contributed by atoms with Crippen LogP contribution in [0.1, 0.15) is 19.8 Å². The van der Waals surface area contributed by atoms with Crippen molar-refractivity contribution in [2.45, 2.75) is 25.4 Å². The number of ether oxygens (including phenoxy) is 1. The number of nitrogens with zero attached hydrogens (tertiary/aromatic N) is 1. The van der Waals surface area contributed by atoms with Crippen LogP contribution in [0.15, 0.2) is 0 Å². The van der Waals surface area contributed by atoms with Crippen LogP contribution in [0.3, 0.4) is 0 Å². The van der Waals surface area contributed by atoms with Gasteiger partial charge in [-0.15, -0.1) is 0 Å². The molecule has 90 valence electrons. The summed E-state index contributed by atoms with van der Waals surface area (Å²) < 4.78 is 5.26. The summed E-state index contributed by atoms with van der Waals surface area (Å²) >= 11 is 1.95. The first-order chi connectivity index (χ1) is 7.16. The molecule has 0 unspecified atom stereocenters. The zero-order chi connectivity index (χ0) is 11.1. The molecule has 0 aromatic carbocycles. The number of likely N-dealkylation sites (N-methyl/N-ethyl adjacent to an activating group) is 1. The third-order valence-electron chi connectivity index (χ3n) is 2.81. The van der Waals surface area contributed by atoms with Gasteiger partial charge in [0.1, 0.15) is 0 Å². The minimum absolute atomic E-state index is 0.510. The molecule has 3 nitrogen and oxygen atoms in total. The van der Waals surface area contributed by atoms with Crippen molar-refractivity contribution in [3.63, 3.8) is 0 Å². The van der Waals surface area contributed by atoms with Gasteiger partial charge < -0.3 is 14.7 Å². The minimum atomic E-state index is -0.510. The van der Waals surface area contributed by atoms with E-state index in [0.29, 0.717) is 13.2 Å². The highest BCUT2D eigenvalue weighted by atomic mass is 32.2. The molecule has 1 rings (SSSR count). The number of aliphatic hydroxyl groups is 1. The molecule has 15 heavy (non-hydrogen) atoms. The van der Waals surface area contributed by atoms with Crippen LogP contribution in [0.5, 0.6) is 0 Å². The quantitative estimate of drug-likeness (QED) is 0.699. The van der Waals surface area contributed by atoms with E-state index in [1.165, 1.54) is 5.75 Å². The highest BCUT2D eigenvalue weighted by Gasteiger charge is 2.30. The molecule has 0 radical (unpaired) electrons. The van der Waals surface area contributed by atoms with E-state index in [1.807, 2.05) is 11.8 Å². The molecule has 0 aromatic rings. The van der Waals surface area contributed by atoms with Gasteiger partial charge in [0, 0.05) is 44.9 Å². The summed E-state index contributed by atoms with van der Waals surface area (Å²) in [4.78, 5) is 2.23. The standard InChI is InChI=1S/C11H23NO2S/c1-3-15-9-6-12(2)10-11(13)4-7-14-8-5-11/h13H,3-10H2,1-2H3. The third-order valence-corrected chi connectivity index (χ3v) is 3.69. The average Bonchev–Trinajstić information content (AvgIpc) is 2.18. The maximum absolute atomic E-state index is 10.3. The second kappa shape index (κ2) is 6.74. The smallest absolute Gasteiger partial charge is 0.0817 e. The first kappa shape index (κ1) is 13.3. The normalized spacial score (nSPS) is 20.8. The molecule has 1 aliphatic heterocycles. The molecule has 0 aliphatic carbocycles. The third kappa shape index (κ3) is 5.20. The molecule has 0 atom stereocenters. The van der Waals surface area contributed by atoms with Crippen molar-refractivity contribution in [2.24, 2.45) is 0 Å². The average molecular weight is 233 g/mol. The number of rotatable bonds is 6. The largest absolute Gasteiger partial charge is 0.388 e. The Balaban J connectivity index is 2.20. The van der Waals surface area contributed by atoms with Gasteiger partial charge in [-0.05, 0) is 12.8 Å². The van der Waals surface area contributed by atoms with E-state index in [1.54, 1.807) is 0 Å². The van der Waals surface area contributed by atoms with Gasteiger partial charge >= 0.3 is 0 Å². The second-order valence-electron chi connectivity index (χ2n) is 4.27. The molecule has 0 amide bonds. The Kier molecular flexibility index (Phi) is 5.97. The van der Waals surface area contributed by atoms with Gasteiger partial charge in [0.2, 0.25) is 0 Å². The Morgan fingerprint density at radius 3 is 2.67 bits per heavy atom. The maximum Gasteiger partial charge on any atom is 0.0817 e. The van der Waals surface area contributed by atoms with Crippen LogP contribution >= 0.6 is 11.8 Å². The summed E-state index contributed by atoms with van der Waals surface area (Å²) in [7, 11) is 2.09. The summed E-state index contributed by atoms with van der Waals surface area (Å²) in [6.07, 6.45) is 1.55. The van der Waals surface area contributed by atoms with Crippen molar-refractivity contribution < 1.29 is 9.84 Å². The van der Waals surface area contributed by atoms with Gasteiger partial charge in [-0.2, -0.15) is 11.8 Å². The molecule has 1 heterocycles. The number of hydrogen-bond donors (Lipinski definition) is 1. The van der Waals surface area contributed by atoms with Crippen LogP contribution in [0.2, 0.25) is 0 Å². The fraction of sp³-hybridized carbons (Fsp3) is 1.00. The first-order valence-electron chi connectivity index (χ1n) is 5.73. The maximum atomic E-state index is 10.3. The van der Waals surface area contributed by atoms with E-state index < -0.39 is 5.60 Å². The lowest BCUT2D eigenvalue weighted by Gasteiger charge is -2.35. The Morgan fingerprint density at radius 1 is 1.40 bits per heavy atom. The molecule has 0 saturated carbocycles. The van der Waals surface area contributed by atoms with Crippen LogP contribution < -0.4 is 0 Å². The lowest BCUT2D eigenvalue weighted by atomic mass is 9.94. The Morgan fingerprint density at radius 2 is 2.07 bits per heavy atom. The van der Waals surface area contributed by atoms with E-state index in [0.717, 1.165) is 31.7 Å². The van der Waals surface area contributed by atoms with Crippen molar-refractivity contribution in [3.8, 4) is 0 Å². The summed E-state index contributed by atoms with van der Waals surface area (Å²) in [5.41, 5.74) is -0.510. The Hall–Kier alpha value is 0.230. The van der Waals surface area contributed by atoms with Crippen molar-refractivity contribution >= 4 is 11.8 Å². The predicted molar refractivity (Wildman–Crippen MR) is 65.5 cm³/mol. The van der Waals surface area contributed by atoms with E-state index in [2.05, 4.69) is 18.9 Å². The molecule has 0 bridgehead atoms. The molecular weight excluding hydrogens is 210 g/mol. The minimum Gasteiger partial charge on any atom is -0.388 e. The van der Waals surface area contributed by atoms with E-state index >= 15 is 0 Å². The van der Waals surface area contributed by atoms with Crippen molar-refractivity contribution in [1.82, 2.24) is 4.90 Å². The highest BCUT2D eigenvalue weighted by Crippen LogP contribution is 2.21. The summed E-state index contributed by atoms with van der Waals surface area (Å²) in [6, 6.07) is 0. The van der Waals surface area contributed by atoms with Gasteiger partial charge in [0.15, 0.2) is 0 Å². The first-order valence-corrected chi connectivity index (χ1v) is 6.88. The highest BCUT2D eigenvalue weighted by molar-refractivity contribution is 7.99. The van der Waals surface area contributed by atoms with Crippen LogP contribution in [-0.4, -0.2) is 60.5 Å². The molecule has 0 aromatic heterocycles. The summed E-state index contributed by atoms with van der Waals surface area (Å²) in [5, 5.41) is 10.3. The monoisotopic (exact) mass is 233 g/mol. The van der Waals surface area contributed by atoms with Gasteiger partial charge in [-0.3, -0.25) is 0 Å². The molecule has 1 N–H and O–H groups in total. The van der Waals surface area contributed by atoms with Crippen molar-refractivity contribution in [3.05, 3.63) is 0 Å². The molecule has 1 fully saturated rings. The Labute approximate surface area is 97.2 Å². The SMILES string of the molecule is CCSCCN(C)CC1(O)CCOCC1. The molecule has 4 heteroatoms. The second-order valence-corrected chi connectivity index (χ2v) is 5.67. The van der Waals surface area contributed by atoms with Crippen molar-refractivity contribution in [1.29, 1.82) is 0 Å². The zero-order valence-electron chi connectivity index (χ0n) is 9.87. The van der Waals surface area contributed by atoms with E-state index in [-0.39, 0.29) is 0 Å². The van der Waals surface area contributed by atoms with Gasteiger partial charge in [0.25, 0.3) is 0 Å². The topological polar surface area (TPSA) is 32.7 Å². The van der Waals surface area contributed by atoms with Gasteiger partial charge in [0.05, 0.1) is 5.60 Å². The van der Waals surface area contributed by atoms with Crippen LogP contribution in [0.25, 0.3) is 0 Å². The predicted octanol–water partition coefficient (Wildman–Crippen LogP) is 1.21. The Bertz CT molecular complexity index is 172. The van der Waals surface area contributed by atoms with Gasteiger partial charge in [-0.1, -0.05) is 6.92 Å². The van der Waals surface area contributed by atoms with Gasteiger partial charge in [-0.25, -0.2) is 0 Å². The van der Waals surface area contributed by atoms with Crippen LogP contribution in [0.4, 0.5) is 0 Å². The molecule has 1 saturated heterocycles. The lowest BCUT2D eigenvalue weighted by Crippen LogP contribution is -2.46. The number of hydrogen-bond acceptors (Lipinski definition) is 4. The molecular formula is C11H23NO2S. The lowest BCUT2D eigenvalue weighted by molar-refractivity contribution is -0.0762. The fourth-order valence-corrected chi connectivity index (χ4v) is 2.59. The fourth-order valence-electron chi connectivity index (χ4n) is 1.86. The van der Waals surface area contributed by atoms with Crippen LogP contribution in [0, 0.1) is 0 Å². The summed E-state index contributed by atoms with van der Waals surface area (Å²) in [6.45, 7) is 5.42.